The van der Waals surface area contributed by atoms with E-state index in [1.165, 1.54) is 5.56 Å². The fraction of sp³-hybridized carbons (Fsp3) is 0.333. The van der Waals surface area contributed by atoms with Gasteiger partial charge in [-0.15, -0.1) is 11.6 Å². The van der Waals surface area contributed by atoms with Crippen LogP contribution in [0.3, 0.4) is 0 Å². The second kappa shape index (κ2) is 6.20. The Morgan fingerprint density at radius 2 is 1.65 bits per heavy atom. The largest absolute Gasteiger partial charge is 0.113 e. The lowest BCUT2D eigenvalue weighted by Crippen LogP contribution is -2.15. The summed E-state index contributed by atoms with van der Waals surface area (Å²) >= 11 is 12.6. The van der Waals surface area contributed by atoms with Gasteiger partial charge in [0.2, 0.25) is 0 Å². The third kappa shape index (κ3) is 3.37. The zero-order valence-corrected chi connectivity index (χ0v) is 13.7. The van der Waals surface area contributed by atoms with Gasteiger partial charge in [0.05, 0.1) is 5.38 Å². The first-order valence-electron chi connectivity index (χ1n) is 6.94. The van der Waals surface area contributed by atoms with Crippen LogP contribution in [0.2, 0.25) is 5.02 Å². The smallest absolute Gasteiger partial charge is 0.0835 e. The molecule has 0 radical (unpaired) electrons. The molecule has 0 N–H and O–H groups in total. The molecule has 20 heavy (non-hydrogen) atoms. The summed E-state index contributed by atoms with van der Waals surface area (Å²) in [6, 6.07) is 16.3. The SMILES string of the molecule is CCC(C)(C)c1ccc(C(Cl)c2cccc(Cl)c2)cc1. The van der Waals surface area contributed by atoms with Crippen molar-refractivity contribution in [3.8, 4) is 0 Å². The van der Waals surface area contributed by atoms with Gasteiger partial charge in [0, 0.05) is 5.02 Å². The average Bonchev–Trinajstić information content (AvgIpc) is 2.46. The van der Waals surface area contributed by atoms with Gasteiger partial charge in [-0.1, -0.05) is 68.8 Å². The molecule has 1 atom stereocenters. The van der Waals surface area contributed by atoms with Crippen LogP contribution in [0.1, 0.15) is 49.3 Å². The minimum atomic E-state index is -0.160. The van der Waals surface area contributed by atoms with Crippen molar-refractivity contribution in [2.24, 2.45) is 0 Å². The van der Waals surface area contributed by atoms with Crippen molar-refractivity contribution in [3.05, 3.63) is 70.2 Å². The second-order valence-corrected chi connectivity index (χ2v) is 6.65. The maximum Gasteiger partial charge on any atom is 0.0835 e. The van der Waals surface area contributed by atoms with E-state index in [1.807, 2.05) is 24.3 Å². The van der Waals surface area contributed by atoms with E-state index in [0.717, 1.165) is 22.6 Å². The molecule has 106 valence electrons. The molecule has 2 aromatic carbocycles. The maximum atomic E-state index is 6.55. The molecular formula is C18H20Cl2. The fourth-order valence-corrected chi connectivity index (χ4v) is 2.64. The lowest BCUT2D eigenvalue weighted by Gasteiger charge is -2.24. The highest BCUT2D eigenvalue weighted by molar-refractivity contribution is 6.30. The predicted octanol–water partition coefficient (Wildman–Crippen LogP) is 6.36. The quantitative estimate of drug-likeness (QED) is 0.577. The molecule has 0 aromatic heterocycles. The van der Waals surface area contributed by atoms with Gasteiger partial charge in [0.1, 0.15) is 0 Å². The van der Waals surface area contributed by atoms with Crippen LogP contribution in [0.4, 0.5) is 0 Å². The molecule has 2 aromatic rings. The molecule has 2 heteroatoms. The van der Waals surface area contributed by atoms with Gasteiger partial charge in [0.25, 0.3) is 0 Å². The van der Waals surface area contributed by atoms with E-state index in [0.29, 0.717) is 0 Å². The van der Waals surface area contributed by atoms with Crippen LogP contribution < -0.4 is 0 Å². The predicted molar refractivity (Wildman–Crippen MR) is 88.9 cm³/mol. The summed E-state index contributed by atoms with van der Waals surface area (Å²) in [5.41, 5.74) is 3.68. The summed E-state index contributed by atoms with van der Waals surface area (Å²) in [6.07, 6.45) is 1.12. The monoisotopic (exact) mass is 306 g/mol. The molecule has 2 rings (SSSR count). The Bertz CT molecular complexity index is 570. The molecule has 0 saturated carbocycles. The highest BCUT2D eigenvalue weighted by Crippen LogP contribution is 2.32. The molecule has 0 aliphatic heterocycles. The summed E-state index contributed by atoms with van der Waals surface area (Å²) in [5.74, 6) is 0. The molecule has 0 amide bonds. The van der Waals surface area contributed by atoms with Crippen molar-refractivity contribution in [2.75, 3.05) is 0 Å². The minimum absolute atomic E-state index is 0.160. The van der Waals surface area contributed by atoms with Gasteiger partial charge in [-0.25, -0.2) is 0 Å². The van der Waals surface area contributed by atoms with E-state index >= 15 is 0 Å². The van der Waals surface area contributed by atoms with E-state index in [-0.39, 0.29) is 10.8 Å². The molecule has 1 unspecified atom stereocenters. The molecule has 0 saturated heterocycles. The number of halogens is 2. The van der Waals surface area contributed by atoms with E-state index in [9.17, 15) is 0 Å². The van der Waals surface area contributed by atoms with Crippen LogP contribution in [0.25, 0.3) is 0 Å². The van der Waals surface area contributed by atoms with Crippen LogP contribution >= 0.6 is 23.2 Å². The first-order valence-corrected chi connectivity index (χ1v) is 7.75. The lowest BCUT2D eigenvalue weighted by molar-refractivity contribution is 0.506. The fourth-order valence-electron chi connectivity index (χ4n) is 2.16. The number of rotatable bonds is 4. The van der Waals surface area contributed by atoms with E-state index in [1.54, 1.807) is 0 Å². The van der Waals surface area contributed by atoms with Crippen molar-refractivity contribution in [1.82, 2.24) is 0 Å². The van der Waals surface area contributed by atoms with Gasteiger partial charge >= 0.3 is 0 Å². The van der Waals surface area contributed by atoms with Crippen molar-refractivity contribution in [2.45, 2.75) is 38.0 Å². The van der Waals surface area contributed by atoms with Crippen LogP contribution in [-0.2, 0) is 5.41 Å². The van der Waals surface area contributed by atoms with Gasteiger partial charge < -0.3 is 0 Å². The third-order valence-corrected chi connectivity index (χ3v) is 4.75. The Morgan fingerprint density at radius 1 is 1.00 bits per heavy atom. The first-order chi connectivity index (χ1) is 9.44. The van der Waals surface area contributed by atoms with Crippen LogP contribution in [0.5, 0.6) is 0 Å². The zero-order chi connectivity index (χ0) is 14.8. The van der Waals surface area contributed by atoms with E-state index in [4.69, 9.17) is 23.2 Å². The summed E-state index contributed by atoms with van der Waals surface area (Å²) in [4.78, 5) is 0. The molecule has 0 aliphatic rings. The summed E-state index contributed by atoms with van der Waals surface area (Å²) in [7, 11) is 0. The number of benzene rings is 2. The molecule has 0 bridgehead atoms. The second-order valence-electron chi connectivity index (χ2n) is 5.78. The summed E-state index contributed by atoms with van der Waals surface area (Å²) < 4.78 is 0. The molecular weight excluding hydrogens is 287 g/mol. The normalized spacial score (nSPS) is 13.2. The minimum Gasteiger partial charge on any atom is -0.113 e. The Labute approximate surface area is 131 Å². The molecule has 0 aliphatic carbocycles. The molecule has 0 spiro atoms. The number of alkyl halides is 1. The van der Waals surface area contributed by atoms with Crippen molar-refractivity contribution < 1.29 is 0 Å². The Morgan fingerprint density at radius 3 is 2.20 bits per heavy atom. The van der Waals surface area contributed by atoms with Crippen molar-refractivity contribution in [1.29, 1.82) is 0 Å². The highest BCUT2D eigenvalue weighted by Gasteiger charge is 2.18. The van der Waals surface area contributed by atoms with Gasteiger partial charge in [-0.05, 0) is 40.7 Å². The van der Waals surface area contributed by atoms with Gasteiger partial charge in [-0.2, -0.15) is 0 Å². The van der Waals surface area contributed by atoms with Crippen molar-refractivity contribution in [3.63, 3.8) is 0 Å². The maximum absolute atomic E-state index is 6.55. The number of hydrogen-bond acceptors (Lipinski definition) is 0. The van der Waals surface area contributed by atoms with E-state index < -0.39 is 0 Å². The molecule has 0 nitrogen and oxygen atoms in total. The first kappa shape index (κ1) is 15.4. The van der Waals surface area contributed by atoms with E-state index in [2.05, 4.69) is 45.0 Å². The number of hydrogen-bond donors (Lipinski definition) is 0. The Kier molecular flexibility index (Phi) is 4.78. The zero-order valence-electron chi connectivity index (χ0n) is 12.2. The van der Waals surface area contributed by atoms with Gasteiger partial charge in [-0.3, -0.25) is 0 Å². The Hall–Kier alpha value is -0.980. The molecule has 0 heterocycles. The van der Waals surface area contributed by atoms with Crippen LogP contribution in [-0.4, -0.2) is 0 Å². The van der Waals surface area contributed by atoms with Crippen molar-refractivity contribution >= 4 is 23.2 Å². The van der Waals surface area contributed by atoms with Crippen LogP contribution in [0.15, 0.2) is 48.5 Å². The standard InChI is InChI=1S/C18H20Cl2/c1-4-18(2,3)15-10-8-13(9-11-15)17(20)14-6-5-7-16(19)12-14/h5-12,17H,4H2,1-3H3. The average molecular weight is 307 g/mol. The highest BCUT2D eigenvalue weighted by atomic mass is 35.5. The topological polar surface area (TPSA) is 0 Å². The summed E-state index contributed by atoms with van der Waals surface area (Å²) in [6.45, 7) is 6.73. The van der Waals surface area contributed by atoms with Gasteiger partial charge in [0.15, 0.2) is 0 Å². The Balaban J connectivity index is 2.26. The summed E-state index contributed by atoms with van der Waals surface area (Å²) in [5, 5.41) is 0.560. The van der Waals surface area contributed by atoms with Crippen LogP contribution in [0, 0.1) is 0 Å². The third-order valence-electron chi connectivity index (χ3n) is 4.01. The lowest BCUT2D eigenvalue weighted by atomic mass is 9.82. The molecule has 0 fully saturated rings.